The van der Waals surface area contributed by atoms with Gasteiger partial charge in [0.05, 0.1) is 0 Å². The molecule has 1 atom stereocenters. The SMILES string of the molecule is NC(=O)C1(C(=O)N2CCC[C@@]3(CCC(=O)N(Cc4cccnc4)C3)C2)CC1. The highest BCUT2D eigenvalue weighted by atomic mass is 16.2. The Balaban J connectivity index is 1.48. The van der Waals surface area contributed by atoms with Crippen molar-refractivity contribution in [2.45, 2.75) is 45.1 Å². The van der Waals surface area contributed by atoms with Crippen LogP contribution >= 0.6 is 0 Å². The van der Waals surface area contributed by atoms with Crippen LogP contribution in [0.2, 0.25) is 0 Å². The Kier molecular flexibility index (Phi) is 4.40. The van der Waals surface area contributed by atoms with E-state index < -0.39 is 11.3 Å². The third-order valence-electron chi connectivity index (χ3n) is 6.42. The molecular formula is C20H26N4O3. The van der Waals surface area contributed by atoms with Gasteiger partial charge in [-0.2, -0.15) is 0 Å². The highest BCUT2D eigenvalue weighted by Gasteiger charge is 2.58. The van der Waals surface area contributed by atoms with E-state index in [9.17, 15) is 14.4 Å². The zero-order valence-corrected chi connectivity index (χ0v) is 15.5. The number of primary amides is 1. The number of amides is 3. The van der Waals surface area contributed by atoms with E-state index in [2.05, 4.69) is 4.98 Å². The van der Waals surface area contributed by atoms with E-state index in [-0.39, 0.29) is 17.2 Å². The number of nitrogens with zero attached hydrogens (tertiary/aromatic N) is 3. The van der Waals surface area contributed by atoms with Gasteiger partial charge in [-0.05, 0) is 43.7 Å². The number of aromatic nitrogens is 1. The van der Waals surface area contributed by atoms with E-state index in [1.807, 2.05) is 21.9 Å². The normalized spacial score (nSPS) is 26.9. The first kappa shape index (κ1) is 17.9. The topological polar surface area (TPSA) is 96.6 Å². The summed E-state index contributed by atoms with van der Waals surface area (Å²) in [6.45, 7) is 2.48. The fourth-order valence-corrected chi connectivity index (χ4v) is 4.67. The molecule has 0 radical (unpaired) electrons. The van der Waals surface area contributed by atoms with Crippen molar-refractivity contribution >= 4 is 17.7 Å². The number of likely N-dealkylation sites (tertiary alicyclic amines) is 2. The Hall–Kier alpha value is -2.44. The van der Waals surface area contributed by atoms with Gasteiger partial charge in [0, 0.05) is 50.4 Å². The lowest BCUT2D eigenvalue weighted by Gasteiger charge is -2.48. The smallest absolute Gasteiger partial charge is 0.238 e. The van der Waals surface area contributed by atoms with Crippen LogP contribution in [0.4, 0.5) is 0 Å². The van der Waals surface area contributed by atoms with Crippen LogP contribution < -0.4 is 5.73 Å². The molecule has 3 aliphatic rings. The van der Waals surface area contributed by atoms with E-state index in [4.69, 9.17) is 5.73 Å². The lowest BCUT2D eigenvalue weighted by molar-refractivity contribution is -0.149. The monoisotopic (exact) mass is 370 g/mol. The Morgan fingerprint density at radius 3 is 2.67 bits per heavy atom. The van der Waals surface area contributed by atoms with Gasteiger partial charge < -0.3 is 15.5 Å². The maximum absolute atomic E-state index is 12.9. The van der Waals surface area contributed by atoms with E-state index in [1.54, 1.807) is 12.4 Å². The van der Waals surface area contributed by atoms with Crippen LogP contribution in [0.1, 0.15) is 44.1 Å². The Morgan fingerprint density at radius 1 is 1.19 bits per heavy atom. The zero-order valence-electron chi connectivity index (χ0n) is 15.5. The number of nitrogens with two attached hydrogens (primary N) is 1. The summed E-state index contributed by atoms with van der Waals surface area (Å²) >= 11 is 0. The molecule has 3 amide bonds. The highest BCUT2D eigenvalue weighted by Crippen LogP contribution is 2.48. The van der Waals surface area contributed by atoms with E-state index in [1.165, 1.54) is 0 Å². The van der Waals surface area contributed by atoms with Crippen LogP contribution in [0.3, 0.4) is 0 Å². The molecule has 4 rings (SSSR count). The molecule has 1 saturated carbocycles. The number of rotatable bonds is 4. The second-order valence-electron chi connectivity index (χ2n) is 8.39. The first-order valence-electron chi connectivity index (χ1n) is 9.70. The van der Waals surface area contributed by atoms with Crippen LogP contribution in [0.25, 0.3) is 0 Å². The van der Waals surface area contributed by atoms with Crippen molar-refractivity contribution in [2.24, 2.45) is 16.6 Å². The highest BCUT2D eigenvalue weighted by molar-refractivity contribution is 6.07. The Morgan fingerprint density at radius 2 is 2.00 bits per heavy atom. The average Bonchev–Trinajstić information content (AvgIpc) is 3.47. The van der Waals surface area contributed by atoms with E-state index in [0.717, 1.165) is 24.8 Å². The molecular weight excluding hydrogens is 344 g/mol. The summed E-state index contributed by atoms with van der Waals surface area (Å²) in [5.74, 6) is -0.447. The van der Waals surface area contributed by atoms with Crippen LogP contribution in [0.15, 0.2) is 24.5 Å². The second-order valence-corrected chi connectivity index (χ2v) is 8.39. The van der Waals surface area contributed by atoms with Gasteiger partial charge in [0.15, 0.2) is 0 Å². The van der Waals surface area contributed by atoms with Gasteiger partial charge in [0.25, 0.3) is 0 Å². The second kappa shape index (κ2) is 6.62. The summed E-state index contributed by atoms with van der Waals surface area (Å²) in [6, 6.07) is 3.85. The van der Waals surface area contributed by atoms with Gasteiger partial charge in [0.2, 0.25) is 17.7 Å². The predicted octanol–water partition coefficient (Wildman–Crippen LogP) is 1.08. The molecule has 2 N–H and O–H groups in total. The molecule has 1 aromatic rings. The van der Waals surface area contributed by atoms with Gasteiger partial charge in [0.1, 0.15) is 5.41 Å². The van der Waals surface area contributed by atoms with Crippen LogP contribution in [0, 0.1) is 10.8 Å². The largest absolute Gasteiger partial charge is 0.369 e. The molecule has 3 fully saturated rings. The van der Waals surface area contributed by atoms with Gasteiger partial charge in [-0.1, -0.05) is 6.07 Å². The van der Waals surface area contributed by atoms with Crippen molar-refractivity contribution in [3.05, 3.63) is 30.1 Å². The summed E-state index contributed by atoms with van der Waals surface area (Å²) in [6.07, 6.45) is 7.83. The minimum atomic E-state index is -0.960. The van der Waals surface area contributed by atoms with E-state index in [0.29, 0.717) is 45.4 Å². The Labute approximate surface area is 158 Å². The van der Waals surface area contributed by atoms with Gasteiger partial charge in [-0.3, -0.25) is 19.4 Å². The van der Waals surface area contributed by atoms with Crippen LogP contribution in [-0.4, -0.2) is 52.1 Å². The molecule has 7 nitrogen and oxygen atoms in total. The van der Waals surface area contributed by atoms with Gasteiger partial charge in [-0.15, -0.1) is 0 Å². The molecule has 1 aliphatic carbocycles. The fraction of sp³-hybridized carbons (Fsp3) is 0.600. The maximum atomic E-state index is 12.9. The minimum Gasteiger partial charge on any atom is -0.369 e. The molecule has 7 heteroatoms. The molecule has 2 saturated heterocycles. The first-order valence-corrected chi connectivity index (χ1v) is 9.70. The number of carbonyl (C=O) groups excluding carboxylic acids is 3. The molecule has 0 aromatic carbocycles. The summed E-state index contributed by atoms with van der Waals surface area (Å²) < 4.78 is 0. The van der Waals surface area contributed by atoms with Crippen molar-refractivity contribution in [2.75, 3.05) is 19.6 Å². The molecule has 2 aliphatic heterocycles. The summed E-state index contributed by atoms with van der Waals surface area (Å²) in [4.78, 5) is 45.0. The lowest BCUT2D eigenvalue weighted by atomic mass is 9.73. The molecule has 0 bridgehead atoms. The van der Waals surface area contributed by atoms with Crippen molar-refractivity contribution in [1.29, 1.82) is 0 Å². The Bertz CT molecular complexity index is 762. The summed E-state index contributed by atoms with van der Waals surface area (Å²) in [5.41, 5.74) is 5.46. The molecule has 1 spiro atoms. The molecule has 0 unspecified atom stereocenters. The number of hydrogen-bond donors (Lipinski definition) is 1. The van der Waals surface area contributed by atoms with Crippen LogP contribution in [-0.2, 0) is 20.9 Å². The molecule has 144 valence electrons. The predicted molar refractivity (Wildman–Crippen MR) is 98.0 cm³/mol. The summed E-state index contributed by atoms with van der Waals surface area (Å²) in [5, 5.41) is 0. The first-order chi connectivity index (χ1) is 12.9. The molecule has 3 heterocycles. The molecule has 27 heavy (non-hydrogen) atoms. The number of piperidine rings is 2. The van der Waals surface area contributed by atoms with Crippen molar-refractivity contribution in [3.63, 3.8) is 0 Å². The fourth-order valence-electron chi connectivity index (χ4n) is 4.67. The number of carbonyl (C=O) groups is 3. The standard InChI is InChI=1S/C20H26N4O3/c21-17(26)20(7-8-20)18(27)23-10-2-5-19(13-23)6-4-16(25)24(14-19)12-15-3-1-9-22-11-15/h1,3,9,11H,2,4-8,10,12-14H2,(H2,21,26)/t19-/m1/s1. The van der Waals surface area contributed by atoms with Gasteiger partial charge >= 0.3 is 0 Å². The van der Waals surface area contributed by atoms with Crippen molar-refractivity contribution in [3.8, 4) is 0 Å². The summed E-state index contributed by atoms with van der Waals surface area (Å²) in [7, 11) is 0. The van der Waals surface area contributed by atoms with Gasteiger partial charge in [-0.25, -0.2) is 0 Å². The van der Waals surface area contributed by atoms with Crippen molar-refractivity contribution in [1.82, 2.24) is 14.8 Å². The number of hydrogen-bond acceptors (Lipinski definition) is 4. The van der Waals surface area contributed by atoms with E-state index >= 15 is 0 Å². The zero-order chi connectivity index (χ0) is 19.1. The van der Waals surface area contributed by atoms with Crippen molar-refractivity contribution < 1.29 is 14.4 Å². The third kappa shape index (κ3) is 3.31. The minimum absolute atomic E-state index is 0.0856. The maximum Gasteiger partial charge on any atom is 0.238 e. The molecule has 1 aromatic heterocycles. The third-order valence-corrected chi connectivity index (χ3v) is 6.42. The van der Waals surface area contributed by atoms with Crippen LogP contribution in [0.5, 0.6) is 0 Å². The number of pyridine rings is 1. The lowest BCUT2D eigenvalue weighted by Crippen LogP contribution is -2.56. The quantitative estimate of drug-likeness (QED) is 0.802. The average molecular weight is 370 g/mol.